The number of fused-ring (bicyclic) bond motifs is 1. The molecule has 2 heterocycles. The highest BCUT2D eigenvalue weighted by molar-refractivity contribution is 6.30. The Morgan fingerprint density at radius 3 is 2.65 bits per heavy atom. The molecule has 7 heteroatoms. The Morgan fingerprint density at radius 2 is 1.90 bits per heavy atom. The smallest absolute Gasteiger partial charge is 0.258 e. The number of nitrogens with zero attached hydrogens (tertiary/aromatic N) is 3. The molecule has 0 spiro atoms. The number of amides is 1. The van der Waals surface area contributed by atoms with Crippen molar-refractivity contribution in [3.8, 4) is 5.88 Å². The molecule has 0 saturated carbocycles. The summed E-state index contributed by atoms with van der Waals surface area (Å²) in [7, 11) is 0. The molecule has 0 unspecified atom stereocenters. The normalized spacial score (nSPS) is 16.3. The number of hydrogen-bond acceptors (Lipinski definition) is 5. The molecule has 3 aromatic rings. The molecule has 0 radical (unpaired) electrons. The molecule has 0 aliphatic carbocycles. The fourth-order valence-corrected chi connectivity index (χ4v) is 3.92. The number of halogens is 1. The summed E-state index contributed by atoms with van der Waals surface area (Å²) in [5.74, 6) is 1.22. The second-order valence-corrected chi connectivity index (χ2v) is 8.26. The molecule has 1 saturated heterocycles. The summed E-state index contributed by atoms with van der Waals surface area (Å²) in [6.45, 7) is 4.57. The first-order chi connectivity index (χ1) is 15.1. The van der Waals surface area contributed by atoms with Crippen LogP contribution in [0.5, 0.6) is 5.88 Å². The average Bonchev–Trinajstić information content (AvgIpc) is 2.81. The van der Waals surface area contributed by atoms with Gasteiger partial charge in [-0.3, -0.25) is 4.79 Å². The number of anilines is 1. The van der Waals surface area contributed by atoms with Gasteiger partial charge in [-0.1, -0.05) is 42.8 Å². The lowest BCUT2D eigenvalue weighted by atomic mass is 9.97. The predicted octanol–water partition coefficient (Wildman–Crippen LogP) is 4.60. The van der Waals surface area contributed by atoms with Gasteiger partial charge in [-0.25, -0.2) is 9.97 Å². The Balaban J connectivity index is 1.48. The molecular weight excluding hydrogens is 412 g/mol. The Kier molecular flexibility index (Phi) is 6.87. The summed E-state index contributed by atoms with van der Waals surface area (Å²) in [4.78, 5) is 24.5. The summed E-state index contributed by atoms with van der Waals surface area (Å²) in [5.41, 5.74) is 2.67. The summed E-state index contributed by atoms with van der Waals surface area (Å²) in [6, 6.07) is 15.3. The molecule has 1 fully saturated rings. The number of ether oxygens (including phenoxy) is 1. The van der Waals surface area contributed by atoms with Gasteiger partial charge in [0.2, 0.25) is 5.91 Å². The highest BCUT2D eigenvalue weighted by atomic mass is 35.5. The van der Waals surface area contributed by atoms with Crippen LogP contribution in [0.1, 0.15) is 31.7 Å². The van der Waals surface area contributed by atoms with Crippen molar-refractivity contribution in [1.82, 2.24) is 15.3 Å². The predicted molar refractivity (Wildman–Crippen MR) is 124 cm³/mol. The quantitative estimate of drug-likeness (QED) is 0.583. The number of rotatable bonds is 7. The lowest BCUT2D eigenvalue weighted by Crippen LogP contribution is -2.43. The topological polar surface area (TPSA) is 67.4 Å². The van der Waals surface area contributed by atoms with E-state index in [2.05, 4.69) is 17.1 Å². The van der Waals surface area contributed by atoms with E-state index in [1.807, 2.05) is 48.5 Å². The number of benzene rings is 2. The summed E-state index contributed by atoms with van der Waals surface area (Å²) >= 11 is 5.94. The zero-order chi connectivity index (χ0) is 21.6. The van der Waals surface area contributed by atoms with E-state index in [1.165, 1.54) is 0 Å². The van der Waals surface area contributed by atoms with Crippen LogP contribution in [0.2, 0.25) is 5.02 Å². The largest absolute Gasteiger partial charge is 0.475 e. The first kappa shape index (κ1) is 21.4. The molecule has 1 aliphatic rings. The van der Waals surface area contributed by atoms with Crippen molar-refractivity contribution in [3.05, 3.63) is 59.1 Å². The van der Waals surface area contributed by atoms with Crippen LogP contribution < -0.4 is 15.0 Å². The van der Waals surface area contributed by atoms with Gasteiger partial charge in [-0.2, -0.15) is 0 Å². The van der Waals surface area contributed by atoms with E-state index >= 15 is 0 Å². The summed E-state index contributed by atoms with van der Waals surface area (Å²) in [5, 5.41) is 3.75. The molecule has 31 heavy (non-hydrogen) atoms. The molecule has 1 aliphatic heterocycles. The van der Waals surface area contributed by atoms with Gasteiger partial charge >= 0.3 is 0 Å². The first-order valence-electron chi connectivity index (χ1n) is 10.8. The third-order valence-corrected chi connectivity index (χ3v) is 5.69. The lowest BCUT2D eigenvalue weighted by molar-refractivity contribution is -0.125. The maximum absolute atomic E-state index is 12.9. The van der Waals surface area contributed by atoms with Crippen molar-refractivity contribution in [2.45, 2.75) is 32.7 Å². The second kappa shape index (κ2) is 9.96. The maximum atomic E-state index is 12.9. The van der Waals surface area contributed by atoms with Crippen LogP contribution in [0.4, 0.5) is 5.82 Å². The average molecular weight is 439 g/mol. The highest BCUT2D eigenvalue weighted by Crippen LogP contribution is 2.31. The number of piperidine rings is 1. The van der Waals surface area contributed by atoms with Gasteiger partial charge in [0, 0.05) is 24.7 Å². The Bertz CT molecular complexity index is 1040. The van der Waals surface area contributed by atoms with Gasteiger partial charge in [0.05, 0.1) is 23.6 Å². The van der Waals surface area contributed by atoms with Crippen LogP contribution in [-0.2, 0) is 11.3 Å². The number of carbonyl (C=O) groups excluding carboxylic acids is 1. The second-order valence-electron chi connectivity index (χ2n) is 7.82. The van der Waals surface area contributed by atoms with Crippen LogP contribution in [0.15, 0.2) is 48.5 Å². The Hall–Kier alpha value is -2.86. The molecule has 1 amide bonds. The van der Waals surface area contributed by atoms with Crippen LogP contribution >= 0.6 is 11.6 Å². The van der Waals surface area contributed by atoms with Crippen LogP contribution in [0.25, 0.3) is 11.0 Å². The fourth-order valence-electron chi connectivity index (χ4n) is 3.80. The Labute approximate surface area is 187 Å². The van der Waals surface area contributed by atoms with Gasteiger partial charge in [-0.05, 0) is 49.1 Å². The molecule has 0 bridgehead atoms. The van der Waals surface area contributed by atoms with Crippen molar-refractivity contribution >= 4 is 34.4 Å². The van der Waals surface area contributed by atoms with Gasteiger partial charge in [-0.15, -0.1) is 0 Å². The van der Waals surface area contributed by atoms with Gasteiger partial charge < -0.3 is 15.0 Å². The molecule has 162 valence electrons. The van der Waals surface area contributed by atoms with E-state index in [4.69, 9.17) is 26.3 Å². The number of aromatic nitrogens is 2. The molecule has 1 atom stereocenters. The number of carbonyl (C=O) groups is 1. The van der Waals surface area contributed by atoms with Crippen molar-refractivity contribution in [2.75, 3.05) is 24.6 Å². The SMILES string of the molecule is CCCOc1nc2ccccc2nc1N1CCC[C@H](C(=O)NCc2ccc(Cl)cc2)C1. The maximum Gasteiger partial charge on any atom is 0.258 e. The van der Waals surface area contributed by atoms with Crippen LogP contribution in [-0.4, -0.2) is 35.6 Å². The summed E-state index contributed by atoms with van der Waals surface area (Å²) < 4.78 is 5.93. The van der Waals surface area contributed by atoms with E-state index in [9.17, 15) is 4.79 Å². The van der Waals surface area contributed by atoms with Crippen molar-refractivity contribution in [1.29, 1.82) is 0 Å². The highest BCUT2D eigenvalue weighted by Gasteiger charge is 2.28. The van der Waals surface area contributed by atoms with E-state index in [0.29, 0.717) is 30.6 Å². The van der Waals surface area contributed by atoms with Crippen LogP contribution in [0, 0.1) is 5.92 Å². The monoisotopic (exact) mass is 438 g/mol. The molecule has 6 nitrogen and oxygen atoms in total. The van der Waals surface area contributed by atoms with Crippen molar-refractivity contribution in [3.63, 3.8) is 0 Å². The van der Waals surface area contributed by atoms with Crippen LogP contribution in [0.3, 0.4) is 0 Å². The number of hydrogen-bond donors (Lipinski definition) is 1. The molecule has 1 N–H and O–H groups in total. The third kappa shape index (κ3) is 5.25. The number of para-hydroxylation sites is 2. The summed E-state index contributed by atoms with van der Waals surface area (Å²) in [6.07, 6.45) is 2.67. The van der Waals surface area contributed by atoms with E-state index in [-0.39, 0.29) is 11.8 Å². The lowest BCUT2D eigenvalue weighted by Gasteiger charge is -2.33. The van der Waals surface area contributed by atoms with Crippen molar-refractivity contribution < 1.29 is 9.53 Å². The number of nitrogens with one attached hydrogen (secondary N) is 1. The van der Waals surface area contributed by atoms with Crippen molar-refractivity contribution in [2.24, 2.45) is 5.92 Å². The standard InChI is InChI=1S/C24H27ClN4O2/c1-2-14-31-24-22(27-20-7-3-4-8-21(20)28-24)29-13-5-6-18(16-29)23(30)26-15-17-9-11-19(25)12-10-17/h3-4,7-12,18H,2,5-6,13-16H2,1H3,(H,26,30)/t18-/m0/s1. The fraction of sp³-hybridized carbons (Fsp3) is 0.375. The zero-order valence-electron chi connectivity index (χ0n) is 17.7. The van der Waals surface area contributed by atoms with Gasteiger partial charge in [0.25, 0.3) is 5.88 Å². The third-order valence-electron chi connectivity index (χ3n) is 5.44. The van der Waals surface area contributed by atoms with E-state index in [0.717, 1.165) is 48.2 Å². The molecule has 2 aromatic carbocycles. The molecule has 4 rings (SSSR count). The van der Waals surface area contributed by atoms with E-state index in [1.54, 1.807) is 0 Å². The minimum atomic E-state index is -0.103. The van der Waals surface area contributed by atoms with E-state index < -0.39 is 0 Å². The first-order valence-corrected chi connectivity index (χ1v) is 11.2. The minimum Gasteiger partial charge on any atom is -0.475 e. The van der Waals surface area contributed by atoms with Gasteiger partial charge in [0.1, 0.15) is 0 Å². The zero-order valence-corrected chi connectivity index (χ0v) is 18.4. The van der Waals surface area contributed by atoms with Gasteiger partial charge in [0.15, 0.2) is 5.82 Å². The molecule has 1 aromatic heterocycles. The Morgan fingerprint density at radius 1 is 1.16 bits per heavy atom. The minimum absolute atomic E-state index is 0.0597. The molecular formula is C24H27ClN4O2.